The number of nitrogens with zero attached hydrogens (tertiary/aromatic N) is 5. The van der Waals surface area contributed by atoms with E-state index in [1.54, 1.807) is 4.90 Å². The minimum atomic E-state index is -1.42. The summed E-state index contributed by atoms with van der Waals surface area (Å²) in [6.07, 6.45) is 0.133. The number of fused-ring (bicyclic) bond motifs is 1. The van der Waals surface area contributed by atoms with Crippen molar-refractivity contribution >= 4 is 34.9 Å². The molecule has 4 aliphatic rings. The van der Waals surface area contributed by atoms with Crippen LogP contribution in [0.3, 0.4) is 0 Å². The van der Waals surface area contributed by atoms with Crippen molar-refractivity contribution in [3.8, 4) is 11.8 Å². The van der Waals surface area contributed by atoms with Gasteiger partial charge < -0.3 is 41.0 Å². The smallest absolute Gasteiger partial charge is 0.409 e. The molecule has 0 radical (unpaired) electrons. The second-order valence-corrected chi connectivity index (χ2v) is 11.4. The van der Waals surface area contributed by atoms with Crippen molar-refractivity contribution in [1.29, 1.82) is 0 Å². The third-order valence-corrected chi connectivity index (χ3v) is 8.11. The molecule has 3 aliphatic heterocycles. The van der Waals surface area contributed by atoms with E-state index in [9.17, 15) is 24.6 Å². The Bertz CT molecular complexity index is 1430. The van der Waals surface area contributed by atoms with Crippen molar-refractivity contribution in [2.24, 2.45) is 11.8 Å². The number of hydrogen-bond donors (Lipinski definition) is 5. The lowest BCUT2D eigenvalue weighted by Gasteiger charge is -2.30. The summed E-state index contributed by atoms with van der Waals surface area (Å²) in [4.78, 5) is 50.8. The van der Waals surface area contributed by atoms with Gasteiger partial charge in [-0.15, -0.1) is 0 Å². The Morgan fingerprint density at radius 2 is 1.91 bits per heavy atom. The van der Waals surface area contributed by atoms with Crippen molar-refractivity contribution in [2.75, 3.05) is 32.0 Å². The van der Waals surface area contributed by atoms with E-state index in [2.05, 4.69) is 37.4 Å². The van der Waals surface area contributed by atoms with Crippen LogP contribution in [0.4, 0.5) is 10.6 Å². The number of nitrogens with one attached hydrogen (secondary N) is 2. The molecule has 0 spiro atoms. The summed E-state index contributed by atoms with van der Waals surface area (Å²) in [7, 11) is 0. The summed E-state index contributed by atoms with van der Waals surface area (Å²) in [5.74, 6) is 6.15. The van der Waals surface area contributed by atoms with Gasteiger partial charge >= 0.3 is 6.09 Å². The van der Waals surface area contributed by atoms with Crippen LogP contribution in [0.5, 0.6) is 0 Å². The van der Waals surface area contributed by atoms with Gasteiger partial charge in [0, 0.05) is 44.4 Å². The van der Waals surface area contributed by atoms with E-state index in [1.165, 1.54) is 10.9 Å². The zero-order chi connectivity index (χ0) is 31.4. The summed E-state index contributed by atoms with van der Waals surface area (Å²) in [6.45, 7) is 5.91. The van der Waals surface area contributed by atoms with Crippen LogP contribution in [0.1, 0.15) is 64.4 Å². The minimum absolute atomic E-state index is 0.0129. The second-order valence-electron chi connectivity index (χ2n) is 11.4. The number of carbonyl (C=O) groups excluding carboxylic acids is 3. The Morgan fingerprint density at radius 3 is 2.59 bits per heavy atom. The van der Waals surface area contributed by atoms with Gasteiger partial charge in [-0.2, -0.15) is 0 Å². The van der Waals surface area contributed by atoms with Gasteiger partial charge in [-0.05, 0) is 37.5 Å². The Hall–Kier alpha value is -4.00. The molecule has 1 saturated carbocycles. The molecule has 5 atom stereocenters. The maximum atomic E-state index is 12.5. The Morgan fingerprint density at radius 1 is 1.16 bits per heavy atom. The Labute approximate surface area is 254 Å². The van der Waals surface area contributed by atoms with Crippen LogP contribution in [0, 0.1) is 23.7 Å². The minimum Gasteiger partial charge on any atom is -0.449 e. The number of rotatable bonds is 6. The molecular formula is C29H40N8O7. The van der Waals surface area contributed by atoms with E-state index >= 15 is 0 Å². The molecule has 2 aromatic rings. The lowest BCUT2D eigenvalue weighted by atomic mass is 9.94. The summed E-state index contributed by atoms with van der Waals surface area (Å²) < 4.78 is 12.6. The molecule has 238 valence electrons. The highest BCUT2D eigenvalue weighted by Gasteiger charge is 2.48. The Balaban J connectivity index is 0.00000188. The predicted octanol–water partition coefficient (Wildman–Crippen LogP) is 0.0588. The molecule has 0 bridgehead atoms. The van der Waals surface area contributed by atoms with Gasteiger partial charge in [0.15, 0.2) is 23.8 Å². The first-order valence-electron chi connectivity index (χ1n) is 15.3. The lowest BCUT2D eigenvalue weighted by molar-refractivity contribution is -0.137. The number of imidazole rings is 1. The molecule has 2 aromatic heterocycles. The third kappa shape index (κ3) is 7.03. The van der Waals surface area contributed by atoms with Gasteiger partial charge in [-0.25, -0.2) is 19.7 Å². The number of amides is 3. The number of carbonyl (C=O) groups is 3. The van der Waals surface area contributed by atoms with Gasteiger partial charge in [0.2, 0.25) is 11.7 Å². The van der Waals surface area contributed by atoms with E-state index in [4.69, 9.17) is 15.2 Å². The van der Waals surface area contributed by atoms with Crippen LogP contribution in [-0.4, -0.2) is 103 Å². The van der Waals surface area contributed by atoms with E-state index in [1.807, 2.05) is 13.8 Å². The first-order chi connectivity index (χ1) is 21.3. The van der Waals surface area contributed by atoms with Gasteiger partial charge in [0.05, 0.1) is 12.9 Å². The molecule has 3 saturated heterocycles. The van der Waals surface area contributed by atoms with Crippen LogP contribution >= 0.6 is 0 Å². The zero-order valence-electron chi connectivity index (χ0n) is 24.9. The molecule has 15 heteroatoms. The lowest BCUT2D eigenvalue weighted by Crippen LogP contribution is -2.43. The van der Waals surface area contributed by atoms with Crippen LogP contribution in [0.2, 0.25) is 0 Å². The molecule has 5 heterocycles. The molecule has 3 amide bonds. The van der Waals surface area contributed by atoms with Crippen LogP contribution in [-0.2, 0) is 19.1 Å². The Kier molecular flexibility index (Phi) is 9.82. The topological polar surface area (TPSA) is 207 Å². The number of hydrogen-bond acceptors (Lipinski definition) is 11. The summed E-state index contributed by atoms with van der Waals surface area (Å²) in [6, 6.07) is 0.0783. The molecule has 44 heavy (non-hydrogen) atoms. The van der Waals surface area contributed by atoms with Crippen molar-refractivity contribution in [1.82, 2.24) is 35.1 Å². The fourth-order valence-corrected chi connectivity index (χ4v) is 5.45. The van der Waals surface area contributed by atoms with Gasteiger partial charge in [-0.1, -0.05) is 19.8 Å². The van der Waals surface area contributed by atoms with E-state index in [0.29, 0.717) is 32.5 Å². The standard InChI is InChI=1S/C27H34N8O7.C2H6/c28-23-19-24(35(13-30-19)26-21(38)20(37)22(42-26)25(39)31-16-4-5-16)33-17(32-23)3-1-2-14-6-8-34(9-7-14)27(40)41-12-15-10-18(36)29-11-15;1-2/h13-16,20-22,26,37-38H,2,4-12H2,(H,29,36)(H,31,39)(H2,28,32,33);1-2H3/t15?,20?,21-,22-,26+;/m0./s1. The molecule has 2 unspecified atom stereocenters. The summed E-state index contributed by atoms with van der Waals surface area (Å²) in [5, 5.41) is 26.7. The highest BCUT2D eigenvalue weighted by atomic mass is 16.6. The van der Waals surface area contributed by atoms with E-state index < -0.39 is 30.4 Å². The molecule has 4 fully saturated rings. The highest BCUT2D eigenvalue weighted by molar-refractivity contribution is 5.83. The number of likely N-dealkylation sites (tertiary alicyclic amines) is 1. The number of aromatic nitrogens is 4. The second kappa shape index (κ2) is 13.7. The number of aliphatic hydroxyl groups excluding tert-OH is 2. The third-order valence-electron chi connectivity index (χ3n) is 8.11. The zero-order valence-corrected chi connectivity index (χ0v) is 24.9. The quantitative estimate of drug-likeness (QED) is 0.276. The summed E-state index contributed by atoms with van der Waals surface area (Å²) in [5.41, 5.74) is 6.66. The monoisotopic (exact) mass is 612 g/mol. The van der Waals surface area contributed by atoms with E-state index in [-0.39, 0.29) is 59.3 Å². The fraction of sp³-hybridized carbons (Fsp3) is 0.655. The van der Waals surface area contributed by atoms with E-state index in [0.717, 1.165) is 25.7 Å². The highest BCUT2D eigenvalue weighted by Crippen LogP contribution is 2.33. The molecule has 6 N–H and O–H groups in total. The fourth-order valence-electron chi connectivity index (χ4n) is 5.45. The van der Waals surface area contributed by atoms with Gasteiger partial charge in [0.1, 0.15) is 17.7 Å². The largest absolute Gasteiger partial charge is 0.449 e. The van der Waals surface area contributed by atoms with Crippen molar-refractivity contribution in [3.63, 3.8) is 0 Å². The average Bonchev–Trinajstić information content (AvgIpc) is 3.44. The average molecular weight is 613 g/mol. The van der Waals surface area contributed by atoms with Crippen LogP contribution < -0.4 is 16.4 Å². The SMILES string of the molecule is CC.Nc1nc(C#CCC2CCN(C(=O)OCC3CNC(=O)C3)CC2)nc2c1ncn2[C@@H]1O[C@H](C(=O)NC2CC2)C(O)[C@@H]1O. The van der Waals surface area contributed by atoms with Crippen LogP contribution in [0.25, 0.3) is 11.2 Å². The normalized spacial score (nSPS) is 26.8. The first kappa shape index (κ1) is 31.4. The number of anilines is 1. The van der Waals surface area contributed by atoms with Crippen molar-refractivity contribution < 1.29 is 34.1 Å². The number of ether oxygens (including phenoxy) is 2. The number of nitrogens with two attached hydrogens (primary N) is 1. The van der Waals surface area contributed by atoms with Crippen molar-refractivity contribution in [2.45, 2.75) is 83.0 Å². The maximum Gasteiger partial charge on any atom is 0.409 e. The molecule has 1 aliphatic carbocycles. The molecular weight excluding hydrogens is 572 g/mol. The number of piperidine rings is 1. The van der Waals surface area contributed by atoms with Crippen LogP contribution in [0.15, 0.2) is 6.33 Å². The summed E-state index contributed by atoms with van der Waals surface area (Å²) >= 11 is 0. The molecule has 15 nitrogen and oxygen atoms in total. The maximum absolute atomic E-state index is 12.5. The van der Waals surface area contributed by atoms with Crippen molar-refractivity contribution in [3.05, 3.63) is 12.2 Å². The molecule has 6 rings (SSSR count). The molecule has 0 aromatic carbocycles. The predicted molar refractivity (Wildman–Crippen MR) is 156 cm³/mol. The number of aliphatic hydroxyl groups is 2. The number of nitrogen functional groups attached to an aromatic ring is 1. The van der Waals surface area contributed by atoms with Gasteiger partial charge in [-0.3, -0.25) is 14.2 Å². The van der Waals surface area contributed by atoms with Gasteiger partial charge in [0.25, 0.3) is 5.91 Å². The first-order valence-corrected chi connectivity index (χ1v) is 15.3.